The van der Waals surface area contributed by atoms with Gasteiger partial charge in [0.05, 0.1) is 6.04 Å². The summed E-state index contributed by atoms with van der Waals surface area (Å²) in [5.74, 6) is 0.857. The maximum Gasteiger partial charge on any atom is 0.240 e. The molecule has 1 aliphatic rings. The number of benzene rings is 2. The van der Waals surface area contributed by atoms with E-state index in [-0.39, 0.29) is 17.2 Å². The van der Waals surface area contributed by atoms with E-state index in [1.807, 2.05) is 23.7 Å². The number of thioether (sulfide) groups is 1. The molecule has 4 rings (SSSR count). The minimum Gasteiger partial charge on any atom is -0.325 e. The summed E-state index contributed by atoms with van der Waals surface area (Å²) < 4.78 is 1.95. The van der Waals surface area contributed by atoms with Gasteiger partial charge in [-0.2, -0.15) is 0 Å². The Balaban J connectivity index is 1.68. The van der Waals surface area contributed by atoms with E-state index >= 15 is 0 Å². The highest BCUT2D eigenvalue weighted by atomic mass is 32.2. The number of nitrogens with one attached hydrogen (secondary N) is 2. The summed E-state index contributed by atoms with van der Waals surface area (Å²) in [6, 6.07) is 14.3. The van der Waals surface area contributed by atoms with Crippen LogP contribution in [0.1, 0.15) is 54.4 Å². The molecule has 0 saturated heterocycles. The lowest BCUT2D eigenvalue weighted by atomic mass is 10.0. The third kappa shape index (κ3) is 4.32. The molecule has 162 valence electrons. The van der Waals surface area contributed by atoms with Gasteiger partial charge in [-0.1, -0.05) is 62.0 Å². The molecule has 2 aromatic carbocycles. The van der Waals surface area contributed by atoms with Crippen LogP contribution in [0.2, 0.25) is 0 Å². The summed E-state index contributed by atoms with van der Waals surface area (Å²) in [5, 5.41) is 12.2. The molecule has 0 fully saturated rings. The van der Waals surface area contributed by atoms with E-state index < -0.39 is 0 Å². The Kier molecular flexibility index (Phi) is 6.32. The highest BCUT2D eigenvalue weighted by Gasteiger charge is 2.37. The summed E-state index contributed by atoms with van der Waals surface area (Å²) in [5.41, 5.74) is 8.98. The van der Waals surface area contributed by atoms with E-state index in [1.54, 1.807) is 0 Å². The maximum atomic E-state index is 13.5. The van der Waals surface area contributed by atoms with Crippen molar-refractivity contribution in [2.45, 2.75) is 63.4 Å². The number of aromatic nitrogens is 3. The summed E-state index contributed by atoms with van der Waals surface area (Å²) in [6.07, 6.45) is 2.80. The molecule has 0 spiro atoms. The molecule has 3 aromatic rings. The van der Waals surface area contributed by atoms with E-state index in [9.17, 15) is 4.79 Å². The average molecular weight is 436 g/mol. The third-order valence-electron chi connectivity index (χ3n) is 5.85. The quantitative estimate of drug-likeness (QED) is 0.581. The van der Waals surface area contributed by atoms with Gasteiger partial charge in [-0.25, -0.2) is 4.68 Å². The van der Waals surface area contributed by atoms with Crippen LogP contribution in [0.5, 0.6) is 0 Å². The first kappa shape index (κ1) is 21.4. The molecule has 0 saturated carbocycles. The van der Waals surface area contributed by atoms with E-state index in [4.69, 9.17) is 0 Å². The molecule has 1 amide bonds. The van der Waals surface area contributed by atoms with Gasteiger partial charge in [-0.3, -0.25) is 4.79 Å². The van der Waals surface area contributed by atoms with Crippen molar-refractivity contribution in [2.75, 3.05) is 10.7 Å². The summed E-state index contributed by atoms with van der Waals surface area (Å²) in [4.78, 5) is 13.5. The van der Waals surface area contributed by atoms with Crippen LogP contribution in [0.15, 0.2) is 47.6 Å². The van der Waals surface area contributed by atoms with Crippen LogP contribution in [0.25, 0.3) is 0 Å². The number of aryl methyl sites for hydroxylation is 3. The van der Waals surface area contributed by atoms with Crippen LogP contribution in [0.4, 0.5) is 5.69 Å². The van der Waals surface area contributed by atoms with Crippen molar-refractivity contribution in [3.05, 3.63) is 70.5 Å². The van der Waals surface area contributed by atoms with Gasteiger partial charge in [0, 0.05) is 12.1 Å². The molecule has 2 heterocycles. The Morgan fingerprint density at radius 2 is 1.90 bits per heavy atom. The van der Waals surface area contributed by atoms with Crippen molar-refractivity contribution in [1.29, 1.82) is 0 Å². The Labute approximate surface area is 187 Å². The lowest BCUT2D eigenvalue weighted by molar-refractivity contribution is -0.116. The average Bonchev–Trinajstić information content (AvgIpc) is 3.18. The standard InChI is InChI=1S/C24H29N5OS/c1-5-8-20-26-27-24-29(20)28-21(18-13-11-17(6-2)12-14-18)22(31-24)23(30)25-19-10-7-9-15(3)16(19)4/h7,9-14,21-22,28H,5-6,8H2,1-4H3,(H,25,30)/t21-,22-/m1/s1. The molecule has 0 bridgehead atoms. The largest absolute Gasteiger partial charge is 0.325 e. The fourth-order valence-electron chi connectivity index (χ4n) is 3.79. The molecular formula is C24H29N5OS. The van der Waals surface area contributed by atoms with Crippen molar-refractivity contribution in [3.8, 4) is 0 Å². The van der Waals surface area contributed by atoms with Crippen LogP contribution in [0, 0.1) is 13.8 Å². The molecule has 0 unspecified atom stereocenters. The molecular weight excluding hydrogens is 406 g/mol. The van der Waals surface area contributed by atoms with Crippen LogP contribution in [-0.4, -0.2) is 26.0 Å². The highest BCUT2D eigenvalue weighted by Crippen LogP contribution is 2.38. The number of anilines is 1. The number of hydrogen-bond donors (Lipinski definition) is 2. The van der Waals surface area contributed by atoms with Gasteiger partial charge < -0.3 is 10.7 Å². The van der Waals surface area contributed by atoms with Gasteiger partial charge in [-0.15, -0.1) is 10.2 Å². The molecule has 0 aliphatic carbocycles. The number of rotatable bonds is 6. The molecule has 31 heavy (non-hydrogen) atoms. The first-order valence-corrected chi connectivity index (χ1v) is 11.7. The first-order chi connectivity index (χ1) is 15.0. The second-order valence-electron chi connectivity index (χ2n) is 7.96. The lowest BCUT2D eigenvalue weighted by Crippen LogP contribution is -2.41. The first-order valence-electron chi connectivity index (χ1n) is 10.8. The second-order valence-corrected chi connectivity index (χ2v) is 9.07. The van der Waals surface area contributed by atoms with Crippen molar-refractivity contribution in [2.24, 2.45) is 0 Å². The van der Waals surface area contributed by atoms with Crippen molar-refractivity contribution in [1.82, 2.24) is 14.9 Å². The SMILES string of the molecule is CCCc1nnc2n1N[C@H](c1ccc(CC)cc1)[C@H](C(=O)Nc1cccc(C)c1C)S2. The van der Waals surface area contributed by atoms with Crippen LogP contribution >= 0.6 is 11.8 Å². The fraction of sp³-hybridized carbons (Fsp3) is 0.375. The molecule has 6 nitrogen and oxygen atoms in total. The van der Waals surface area contributed by atoms with Gasteiger partial charge >= 0.3 is 0 Å². The Morgan fingerprint density at radius 1 is 1.13 bits per heavy atom. The van der Waals surface area contributed by atoms with Crippen molar-refractivity contribution in [3.63, 3.8) is 0 Å². The van der Waals surface area contributed by atoms with Gasteiger partial charge in [0.2, 0.25) is 11.1 Å². The Bertz CT molecular complexity index is 1080. The number of carbonyl (C=O) groups excluding carboxylic acids is 1. The minimum atomic E-state index is -0.376. The Hall–Kier alpha value is -2.80. The zero-order valence-corrected chi connectivity index (χ0v) is 19.3. The second kappa shape index (κ2) is 9.14. The van der Waals surface area contributed by atoms with Gasteiger partial charge in [-0.05, 0) is 55.0 Å². The summed E-state index contributed by atoms with van der Waals surface area (Å²) >= 11 is 1.47. The zero-order chi connectivity index (χ0) is 22.0. The summed E-state index contributed by atoms with van der Waals surface area (Å²) in [7, 11) is 0. The topological polar surface area (TPSA) is 71.8 Å². The van der Waals surface area contributed by atoms with E-state index in [0.29, 0.717) is 0 Å². The minimum absolute atomic E-state index is 0.0398. The number of carbonyl (C=O) groups is 1. The molecule has 1 aromatic heterocycles. The van der Waals surface area contributed by atoms with Crippen LogP contribution in [0.3, 0.4) is 0 Å². The predicted molar refractivity (Wildman–Crippen MR) is 126 cm³/mol. The molecule has 2 N–H and O–H groups in total. The monoisotopic (exact) mass is 435 g/mol. The van der Waals surface area contributed by atoms with Gasteiger partial charge in [0.15, 0.2) is 5.82 Å². The van der Waals surface area contributed by atoms with Crippen LogP contribution < -0.4 is 10.7 Å². The van der Waals surface area contributed by atoms with Gasteiger partial charge in [0.25, 0.3) is 0 Å². The van der Waals surface area contributed by atoms with Crippen molar-refractivity contribution >= 4 is 23.4 Å². The fourth-order valence-corrected chi connectivity index (χ4v) is 4.88. The van der Waals surface area contributed by atoms with E-state index in [1.165, 1.54) is 17.3 Å². The smallest absolute Gasteiger partial charge is 0.240 e. The predicted octanol–water partition coefficient (Wildman–Crippen LogP) is 4.81. The molecule has 2 atom stereocenters. The maximum absolute atomic E-state index is 13.5. The third-order valence-corrected chi connectivity index (χ3v) is 7.06. The number of nitrogens with zero attached hydrogens (tertiary/aromatic N) is 3. The number of hydrogen-bond acceptors (Lipinski definition) is 5. The van der Waals surface area contributed by atoms with E-state index in [0.717, 1.165) is 52.6 Å². The zero-order valence-electron chi connectivity index (χ0n) is 18.5. The number of amides is 1. The summed E-state index contributed by atoms with van der Waals surface area (Å²) in [6.45, 7) is 8.35. The lowest BCUT2D eigenvalue weighted by Gasteiger charge is -2.33. The van der Waals surface area contributed by atoms with Gasteiger partial charge in [0.1, 0.15) is 5.25 Å². The van der Waals surface area contributed by atoms with E-state index in [2.05, 4.69) is 72.0 Å². The molecule has 7 heteroatoms. The molecule has 0 radical (unpaired) electrons. The highest BCUT2D eigenvalue weighted by molar-refractivity contribution is 8.00. The normalized spacial score (nSPS) is 17.7. The Morgan fingerprint density at radius 3 is 2.61 bits per heavy atom. The van der Waals surface area contributed by atoms with Crippen LogP contribution in [-0.2, 0) is 17.6 Å². The number of fused-ring (bicyclic) bond motifs is 1. The van der Waals surface area contributed by atoms with Crippen molar-refractivity contribution < 1.29 is 4.79 Å². The molecule has 1 aliphatic heterocycles.